The van der Waals surface area contributed by atoms with Crippen molar-refractivity contribution in [2.75, 3.05) is 12.4 Å². The Morgan fingerprint density at radius 2 is 1.86 bits per heavy atom. The highest BCUT2D eigenvalue weighted by Crippen LogP contribution is 2.39. The average Bonchev–Trinajstić information content (AvgIpc) is 3.12. The molecule has 1 N–H and O–H groups in total. The number of pyridine rings is 1. The molecule has 2 rings (SSSR count). The molecule has 0 aliphatic carbocycles. The third-order valence-electron chi connectivity index (χ3n) is 3.45. The summed E-state index contributed by atoms with van der Waals surface area (Å²) in [7, 11) is 0.864. The van der Waals surface area contributed by atoms with Crippen molar-refractivity contribution in [2.24, 2.45) is 0 Å². The maximum Gasteiger partial charge on any atom is 0.434 e. The molecule has 0 aromatic carbocycles. The van der Waals surface area contributed by atoms with Gasteiger partial charge in [-0.2, -0.15) is 18.3 Å². The molecule has 0 fully saturated rings. The monoisotopic (exact) mass is 406 g/mol. The molecule has 0 spiro atoms. The third-order valence-corrected chi connectivity index (χ3v) is 3.45. The molecule has 0 saturated heterocycles. The average molecular weight is 406 g/mol. The highest BCUT2D eigenvalue weighted by molar-refractivity contribution is 6.08. The summed E-state index contributed by atoms with van der Waals surface area (Å²) in [6, 6.07) is 0.657. The second kappa shape index (κ2) is 7.90. The normalized spacial score (nSPS) is 11.8. The van der Waals surface area contributed by atoms with Crippen LogP contribution in [0, 0.1) is 0 Å². The van der Waals surface area contributed by atoms with Gasteiger partial charge in [0.1, 0.15) is 11.3 Å². The Hall–Kier alpha value is -3.05. The number of esters is 1. The predicted molar refractivity (Wildman–Crippen MR) is 86.2 cm³/mol. The van der Waals surface area contributed by atoms with Gasteiger partial charge in [0.15, 0.2) is 5.69 Å². The lowest BCUT2D eigenvalue weighted by Crippen LogP contribution is -2.28. The van der Waals surface area contributed by atoms with Gasteiger partial charge in [0, 0.05) is 18.4 Å². The molecule has 0 bridgehead atoms. The molecule has 0 amide bonds. The largest absolute Gasteiger partial charge is 0.465 e. The van der Waals surface area contributed by atoms with Gasteiger partial charge in [-0.15, -0.1) is 0 Å². The summed E-state index contributed by atoms with van der Waals surface area (Å²) in [6.45, 7) is 2.97. The molecule has 0 radical (unpaired) electrons. The first kappa shape index (κ1) is 21.3. The molecule has 0 unspecified atom stereocenters. The number of anilines is 1. The van der Waals surface area contributed by atoms with Gasteiger partial charge in [-0.1, -0.05) is 0 Å². The molecule has 28 heavy (non-hydrogen) atoms. The van der Waals surface area contributed by atoms with E-state index >= 15 is 0 Å². The van der Waals surface area contributed by atoms with E-state index in [4.69, 9.17) is 0 Å². The first-order valence-corrected chi connectivity index (χ1v) is 7.81. The molecule has 2 aromatic heterocycles. The zero-order valence-electron chi connectivity index (χ0n) is 14.8. The topological polar surface area (TPSA) is 86.1 Å². The Labute approximate surface area is 155 Å². The Bertz CT molecular complexity index is 879. The van der Waals surface area contributed by atoms with Crippen LogP contribution in [0.2, 0.25) is 0 Å². The zero-order valence-corrected chi connectivity index (χ0v) is 14.8. The number of hydrogen-bond acceptors (Lipinski definition) is 6. The van der Waals surface area contributed by atoms with Gasteiger partial charge in [0.2, 0.25) is 0 Å². The third kappa shape index (κ3) is 4.10. The summed E-state index contributed by atoms with van der Waals surface area (Å²) in [6.07, 6.45) is -6.58. The number of methoxy groups -OCH3 is 1. The summed E-state index contributed by atoms with van der Waals surface area (Å²) >= 11 is 0. The fourth-order valence-corrected chi connectivity index (χ4v) is 2.42. The molecule has 152 valence electrons. The van der Waals surface area contributed by atoms with Crippen LogP contribution in [0.4, 0.5) is 27.6 Å². The number of carbonyl (C=O) groups is 2. The number of alkyl halides is 5. The van der Waals surface area contributed by atoms with E-state index in [-0.39, 0.29) is 0 Å². The standard InChI is InChI=1S/C16H15F5N4O3/c1-7(2)23-10-8(15(27)28-3)11(13(17)18)24-12(16(19,20)21)9(10)14(26)25-6-4-5-22-25/h4-7,13H,1-3H3,(H,23,24). The quantitative estimate of drug-likeness (QED) is 0.604. The lowest BCUT2D eigenvalue weighted by atomic mass is 10.0. The summed E-state index contributed by atoms with van der Waals surface area (Å²) in [5, 5.41) is 6.04. The SMILES string of the molecule is COC(=O)c1c(C(F)F)nc(C(F)(F)F)c(C(=O)n2cccn2)c1NC(C)C. The number of hydrogen-bond donors (Lipinski definition) is 1. The molecular weight excluding hydrogens is 391 g/mol. The fourth-order valence-electron chi connectivity index (χ4n) is 2.42. The van der Waals surface area contributed by atoms with Crippen LogP contribution in [-0.4, -0.2) is 39.8 Å². The van der Waals surface area contributed by atoms with Gasteiger partial charge in [-0.25, -0.2) is 23.2 Å². The van der Waals surface area contributed by atoms with Crippen molar-refractivity contribution in [3.8, 4) is 0 Å². The van der Waals surface area contributed by atoms with Gasteiger partial charge in [-0.05, 0) is 19.9 Å². The van der Waals surface area contributed by atoms with Crippen LogP contribution in [0.3, 0.4) is 0 Å². The van der Waals surface area contributed by atoms with Crippen molar-refractivity contribution < 1.29 is 36.3 Å². The van der Waals surface area contributed by atoms with Crippen LogP contribution in [0.5, 0.6) is 0 Å². The van der Waals surface area contributed by atoms with Crippen molar-refractivity contribution in [3.63, 3.8) is 0 Å². The maximum atomic E-state index is 13.6. The van der Waals surface area contributed by atoms with Crippen molar-refractivity contribution in [1.29, 1.82) is 0 Å². The lowest BCUT2D eigenvalue weighted by Gasteiger charge is -2.22. The molecule has 2 aromatic rings. The maximum absolute atomic E-state index is 13.6. The van der Waals surface area contributed by atoms with Crippen LogP contribution in [-0.2, 0) is 10.9 Å². The van der Waals surface area contributed by atoms with Crippen LogP contribution < -0.4 is 5.32 Å². The van der Waals surface area contributed by atoms with E-state index < -0.39 is 58.7 Å². The van der Waals surface area contributed by atoms with Gasteiger partial charge in [0.25, 0.3) is 12.3 Å². The molecule has 7 nitrogen and oxygen atoms in total. The molecule has 0 aliphatic heterocycles. The Morgan fingerprint density at radius 3 is 2.29 bits per heavy atom. The fraction of sp³-hybridized carbons (Fsp3) is 0.375. The first-order chi connectivity index (χ1) is 13.0. The van der Waals surface area contributed by atoms with E-state index in [9.17, 15) is 31.5 Å². The molecule has 12 heteroatoms. The summed E-state index contributed by atoms with van der Waals surface area (Å²) in [4.78, 5) is 27.7. The molecule has 2 heterocycles. The number of carbonyl (C=O) groups excluding carboxylic acids is 2. The van der Waals surface area contributed by atoms with E-state index in [0.29, 0.717) is 4.68 Å². The lowest BCUT2D eigenvalue weighted by molar-refractivity contribution is -0.141. The van der Waals surface area contributed by atoms with Gasteiger partial charge in [-0.3, -0.25) is 4.79 Å². The highest BCUT2D eigenvalue weighted by Gasteiger charge is 2.43. The number of halogens is 5. The molecule has 0 aliphatic rings. The van der Waals surface area contributed by atoms with Crippen LogP contribution in [0.1, 0.15) is 52.4 Å². The van der Waals surface area contributed by atoms with E-state index in [1.165, 1.54) is 19.9 Å². The van der Waals surface area contributed by atoms with E-state index in [2.05, 4.69) is 20.1 Å². The Balaban J connectivity index is 3.00. The summed E-state index contributed by atoms with van der Waals surface area (Å²) in [5.41, 5.74) is -6.12. The van der Waals surface area contributed by atoms with Crippen LogP contribution in [0.25, 0.3) is 0 Å². The van der Waals surface area contributed by atoms with E-state index in [1.807, 2.05) is 0 Å². The van der Waals surface area contributed by atoms with Gasteiger partial charge < -0.3 is 10.1 Å². The second-order valence-corrected chi connectivity index (χ2v) is 5.82. The number of nitrogens with zero attached hydrogens (tertiary/aromatic N) is 3. The van der Waals surface area contributed by atoms with Crippen molar-refractivity contribution in [2.45, 2.75) is 32.5 Å². The van der Waals surface area contributed by atoms with Gasteiger partial charge >= 0.3 is 12.1 Å². The first-order valence-electron chi connectivity index (χ1n) is 7.81. The summed E-state index contributed by atoms with van der Waals surface area (Å²) < 4.78 is 72.7. The van der Waals surface area contributed by atoms with E-state index in [1.54, 1.807) is 0 Å². The smallest absolute Gasteiger partial charge is 0.434 e. The number of aromatic nitrogens is 3. The minimum Gasteiger partial charge on any atom is -0.465 e. The van der Waals surface area contributed by atoms with Crippen molar-refractivity contribution in [3.05, 3.63) is 41.0 Å². The predicted octanol–water partition coefficient (Wildman–Crippen LogP) is 3.53. The minimum absolute atomic E-state index is 0.570. The number of ether oxygens (including phenoxy) is 1. The highest BCUT2D eigenvalue weighted by atomic mass is 19.4. The Kier molecular flexibility index (Phi) is 6.00. The van der Waals surface area contributed by atoms with Crippen molar-refractivity contribution >= 4 is 17.6 Å². The van der Waals surface area contributed by atoms with E-state index in [0.717, 1.165) is 19.5 Å². The van der Waals surface area contributed by atoms with Gasteiger partial charge in [0.05, 0.1) is 18.4 Å². The minimum atomic E-state index is -5.26. The van der Waals surface area contributed by atoms with Crippen LogP contribution in [0.15, 0.2) is 18.5 Å². The van der Waals surface area contributed by atoms with Crippen molar-refractivity contribution in [1.82, 2.24) is 14.8 Å². The Morgan fingerprint density at radius 1 is 1.21 bits per heavy atom. The molecular formula is C16H15F5N4O3. The zero-order chi connectivity index (χ0) is 21.2. The number of nitrogens with one attached hydrogen (secondary N) is 1. The molecule has 0 atom stereocenters. The summed E-state index contributed by atoms with van der Waals surface area (Å²) in [5.74, 6) is -2.67. The number of rotatable bonds is 5. The van der Waals surface area contributed by atoms with Crippen LogP contribution >= 0.6 is 0 Å². The molecule has 0 saturated carbocycles. The second-order valence-electron chi connectivity index (χ2n) is 5.82.